The Labute approximate surface area is 196 Å². The summed E-state index contributed by atoms with van der Waals surface area (Å²) in [6, 6.07) is 12.8. The van der Waals surface area contributed by atoms with Crippen molar-refractivity contribution < 1.29 is 18.0 Å². The van der Waals surface area contributed by atoms with E-state index in [-0.39, 0.29) is 12.5 Å². The van der Waals surface area contributed by atoms with E-state index in [1.165, 1.54) is 11.9 Å². The van der Waals surface area contributed by atoms with Crippen molar-refractivity contribution in [3.05, 3.63) is 63.6 Å². The molecule has 2 aromatic carbocycles. The summed E-state index contributed by atoms with van der Waals surface area (Å²) in [5.74, 6) is -0.807. The van der Waals surface area contributed by atoms with Gasteiger partial charge in [-0.2, -0.15) is 0 Å². The minimum absolute atomic E-state index is 0.139. The molecule has 0 radical (unpaired) electrons. The fourth-order valence-corrected chi connectivity index (χ4v) is 4.33. The van der Waals surface area contributed by atoms with E-state index in [4.69, 9.17) is 11.6 Å². The van der Waals surface area contributed by atoms with Gasteiger partial charge in [-0.05, 0) is 48.4 Å². The fraction of sp³-hybridized carbons (Fsp3) is 0.333. The molecule has 0 aliphatic heterocycles. The molecule has 0 saturated carbocycles. The average molecular weight is 531 g/mol. The summed E-state index contributed by atoms with van der Waals surface area (Å²) < 4.78 is 26.7. The van der Waals surface area contributed by atoms with Gasteiger partial charge in [0.2, 0.25) is 21.8 Å². The number of carbonyl (C=O) groups excluding carboxylic acids is 2. The highest BCUT2D eigenvalue weighted by atomic mass is 79.9. The van der Waals surface area contributed by atoms with Gasteiger partial charge in [0, 0.05) is 23.1 Å². The third kappa shape index (κ3) is 6.95. The first-order chi connectivity index (χ1) is 14.6. The first kappa shape index (κ1) is 25.2. The van der Waals surface area contributed by atoms with Crippen LogP contribution in [0.3, 0.4) is 0 Å². The molecule has 0 spiro atoms. The molecule has 10 heteroatoms. The highest BCUT2D eigenvalue weighted by molar-refractivity contribution is 9.10. The van der Waals surface area contributed by atoms with Crippen LogP contribution in [0.5, 0.6) is 0 Å². The molecule has 1 atom stereocenters. The van der Waals surface area contributed by atoms with Crippen LogP contribution < -0.4 is 9.62 Å². The van der Waals surface area contributed by atoms with Gasteiger partial charge >= 0.3 is 0 Å². The standard InChI is InChI=1S/C21H25BrClN3O4S/c1-4-19(21(28)24-2)25(13-15-5-9-17(23)10-6-15)20(27)14-26(31(3,29)30)18-11-7-16(22)8-12-18/h5-12,19H,4,13-14H2,1-3H3,(H,24,28)/t19-/m0/s1. The Morgan fingerprint density at radius 2 is 1.68 bits per heavy atom. The van der Waals surface area contributed by atoms with E-state index in [2.05, 4.69) is 21.2 Å². The first-order valence-electron chi connectivity index (χ1n) is 9.55. The zero-order chi connectivity index (χ0) is 23.2. The first-order valence-corrected chi connectivity index (χ1v) is 12.6. The predicted molar refractivity (Wildman–Crippen MR) is 126 cm³/mol. The summed E-state index contributed by atoms with van der Waals surface area (Å²) in [7, 11) is -2.24. The number of hydrogen-bond acceptors (Lipinski definition) is 4. The van der Waals surface area contributed by atoms with Crippen molar-refractivity contribution in [3.63, 3.8) is 0 Å². The van der Waals surface area contributed by atoms with Gasteiger partial charge in [-0.15, -0.1) is 0 Å². The molecule has 7 nitrogen and oxygen atoms in total. The monoisotopic (exact) mass is 529 g/mol. The van der Waals surface area contributed by atoms with Gasteiger partial charge in [-0.25, -0.2) is 8.42 Å². The van der Waals surface area contributed by atoms with Crippen LogP contribution in [0.15, 0.2) is 53.0 Å². The number of sulfonamides is 1. The summed E-state index contributed by atoms with van der Waals surface area (Å²) in [6.45, 7) is 1.51. The number of nitrogens with zero attached hydrogens (tertiary/aromatic N) is 2. The molecule has 2 aromatic rings. The molecule has 0 aliphatic carbocycles. The maximum absolute atomic E-state index is 13.3. The van der Waals surface area contributed by atoms with Crippen LogP contribution in [0.25, 0.3) is 0 Å². The third-order valence-corrected chi connectivity index (χ3v) is 6.61. The molecule has 168 valence electrons. The molecule has 2 rings (SSSR count). The van der Waals surface area contributed by atoms with E-state index in [1.807, 2.05) is 0 Å². The van der Waals surface area contributed by atoms with E-state index < -0.39 is 28.5 Å². The van der Waals surface area contributed by atoms with Crippen molar-refractivity contribution in [2.45, 2.75) is 25.9 Å². The van der Waals surface area contributed by atoms with E-state index in [1.54, 1.807) is 55.5 Å². The Bertz CT molecular complexity index is 1010. The fourth-order valence-electron chi connectivity index (χ4n) is 3.09. The number of likely N-dealkylation sites (N-methyl/N-ethyl adjacent to an activating group) is 1. The van der Waals surface area contributed by atoms with Crippen LogP contribution in [0.4, 0.5) is 5.69 Å². The SMILES string of the molecule is CC[C@@H](C(=O)NC)N(Cc1ccc(Cl)cc1)C(=O)CN(c1ccc(Br)cc1)S(C)(=O)=O. The lowest BCUT2D eigenvalue weighted by Crippen LogP contribution is -2.51. The molecule has 0 fully saturated rings. The average Bonchev–Trinajstić information content (AvgIpc) is 2.72. The van der Waals surface area contributed by atoms with Gasteiger partial charge < -0.3 is 10.2 Å². The number of rotatable bonds is 9. The number of benzene rings is 2. The minimum atomic E-state index is -3.74. The Kier molecular flexibility index (Phi) is 8.90. The second-order valence-corrected chi connectivity index (χ2v) is 10.2. The van der Waals surface area contributed by atoms with Crippen molar-refractivity contribution in [1.82, 2.24) is 10.2 Å². The highest BCUT2D eigenvalue weighted by Gasteiger charge is 2.31. The number of amides is 2. The van der Waals surface area contributed by atoms with Crippen molar-refractivity contribution in [1.29, 1.82) is 0 Å². The lowest BCUT2D eigenvalue weighted by atomic mass is 10.1. The molecule has 0 aliphatic rings. The Balaban J connectivity index is 2.40. The smallest absolute Gasteiger partial charge is 0.244 e. The van der Waals surface area contributed by atoms with Crippen molar-refractivity contribution in [3.8, 4) is 0 Å². The molecular formula is C21H25BrClN3O4S. The Hall–Kier alpha value is -2.10. The summed E-state index contributed by atoms with van der Waals surface area (Å²) in [6.07, 6.45) is 1.41. The molecule has 2 amide bonds. The lowest BCUT2D eigenvalue weighted by Gasteiger charge is -2.32. The van der Waals surface area contributed by atoms with Crippen LogP contribution in [0.2, 0.25) is 5.02 Å². The summed E-state index contributed by atoms with van der Waals surface area (Å²) in [5, 5.41) is 3.13. The minimum Gasteiger partial charge on any atom is -0.357 e. The zero-order valence-electron chi connectivity index (χ0n) is 17.5. The Morgan fingerprint density at radius 1 is 1.10 bits per heavy atom. The summed E-state index contributed by atoms with van der Waals surface area (Å²) >= 11 is 9.27. The number of halogens is 2. The van der Waals surface area contributed by atoms with E-state index >= 15 is 0 Å². The lowest BCUT2D eigenvalue weighted by molar-refractivity contribution is -0.140. The van der Waals surface area contributed by atoms with Gasteiger partial charge in [-0.1, -0.05) is 46.6 Å². The van der Waals surface area contributed by atoms with Crippen LogP contribution in [-0.4, -0.2) is 51.0 Å². The van der Waals surface area contributed by atoms with Gasteiger partial charge in [0.15, 0.2) is 0 Å². The molecule has 1 N–H and O–H groups in total. The van der Waals surface area contributed by atoms with Crippen molar-refractivity contribution in [2.75, 3.05) is 24.2 Å². The quantitative estimate of drug-likeness (QED) is 0.538. The van der Waals surface area contributed by atoms with Crippen LogP contribution in [-0.2, 0) is 26.2 Å². The van der Waals surface area contributed by atoms with E-state index in [0.29, 0.717) is 17.1 Å². The zero-order valence-corrected chi connectivity index (χ0v) is 20.7. The van der Waals surface area contributed by atoms with Crippen molar-refractivity contribution >= 4 is 55.1 Å². The van der Waals surface area contributed by atoms with Gasteiger partial charge in [-0.3, -0.25) is 13.9 Å². The summed E-state index contributed by atoms with van der Waals surface area (Å²) in [5.41, 5.74) is 1.13. The molecule has 0 aromatic heterocycles. The van der Waals surface area contributed by atoms with Crippen LogP contribution in [0.1, 0.15) is 18.9 Å². The second-order valence-electron chi connectivity index (χ2n) is 6.93. The molecule has 0 saturated heterocycles. The molecule has 31 heavy (non-hydrogen) atoms. The molecule has 0 heterocycles. The van der Waals surface area contributed by atoms with Gasteiger partial charge in [0.05, 0.1) is 11.9 Å². The molecule has 0 unspecified atom stereocenters. The molecule has 0 bridgehead atoms. The third-order valence-electron chi connectivity index (χ3n) is 4.69. The topological polar surface area (TPSA) is 86.8 Å². The largest absolute Gasteiger partial charge is 0.357 e. The number of anilines is 1. The van der Waals surface area contributed by atoms with Crippen LogP contribution >= 0.6 is 27.5 Å². The van der Waals surface area contributed by atoms with Crippen LogP contribution in [0, 0.1) is 0 Å². The van der Waals surface area contributed by atoms with E-state index in [0.717, 1.165) is 20.6 Å². The van der Waals surface area contributed by atoms with Gasteiger partial charge in [0.1, 0.15) is 12.6 Å². The number of carbonyl (C=O) groups is 2. The molecular weight excluding hydrogens is 506 g/mol. The maximum Gasteiger partial charge on any atom is 0.244 e. The van der Waals surface area contributed by atoms with Crippen molar-refractivity contribution in [2.24, 2.45) is 0 Å². The number of hydrogen-bond donors (Lipinski definition) is 1. The normalized spacial score (nSPS) is 12.2. The number of nitrogens with one attached hydrogen (secondary N) is 1. The predicted octanol–water partition coefficient (Wildman–Crippen LogP) is 3.42. The summed E-state index contributed by atoms with van der Waals surface area (Å²) in [4.78, 5) is 27.2. The highest BCUT2D eigenvalue weighted by Crippen LogP contribution is 2.22. The van der Waals surface area contributed by atoms with Gasteiger partial charge in [0.25, 0.3) is 0 Å². The van der Waals surface area contributed by atoms with E-state index in [9.17, 15) is 18.0 Å². The second kappa shape index (κ2) is 11.0. The Morgan fingerprint density at radius 3 is 2.16 bits per heavy atom. The maximum atomic E-state index is 13.3.